The number of carbonyl (C=O) groups is 2. The summed E-state index contributed by atoms with van der Waals surface area (Å²) in [6.45, 7) is 0.108. The second-order valence-corrected chi connectivity index (χ2v) is 8.51. The number of phenols is 1. The molecule has 0 spiro atoms. The number of fused-ring (bicyclic) bond motifs is 3. The molecule has 1 amide bonds. The summed E-state index contributed by atoms with van der Waals surface area (Å²) in [5, 5.41) is 21.8. The molecule has 0 aromatic heterocycles. The molecule has 1 aliphatic rings. The van der Waals surface area contributed by atoms with E-state index in [9.17, 15) is 19.8 Å². The van der Waals surface area contributed by atoms with Crippen LogP contribution in [0, 0.1) is 3.57 Å². The second-order valence-electron chi connectivity index (χ2n) is 7.35. The van der Waals surface area contributed by atoms with E-state index in [1.807, 2.05) is 71.1 Å². The number of amides is 1. The SMILES string of the molecule is O=C(NC(Cc1ccc(I)c(O)c1)C(=O)O)OCC1c2ccccc2-c2ccccc21. The second kappa shape index (κ2) is 8.97. The molecule has 4 rings (SSSR count). The third-order valence-corrected chi connectivity index (χ3v) is 6.30. The van der Waals surface area contributed by atoms with Crippen molar-refractivity contribution in [2.24, 2.45) is 0 Å². The molecule has 1 unspecified atom stereocenters. The van der Waals surface area contributed by atoms with Crippen molar-refractivity contribution in [3.05, 3.63) is 87.0 Å². The molecule has 0 heterocycles. The van der Waals surface area contributed by atoms with Gasteiger partial charge in [-0.15, -0.1) is 0 Å². The Morgan fingerprint density at radius 2 is 1.61 bits per heavy atom. The maximum absolute atomic E-state index is 12.4. The van der Waals surface area contributed by atoms with Crippen molar-refractivity contribution in [1.82, 2.24) is 5.32 Å². The lowest BCUT2D eigenvalue weighted by molar-refractivity contribution is -0.139. The third-order valence-electron chi connectivity index (χ3n) is 5.38. The van der Waals surface area contributed by atoms with Gasteiger partial charge in [0.25, 0.3) is 0 Å². The number of carboxylic acid groups (broad SMARTS) is 1. The first-order valence-electron chi connectivity index (χ1n) is 9.75. The number of aliphatic carboxylic acids is 1. The largest absolute Gasteiger partial charge is 0.507 e. The van der Waals surface area contributed by atoms with Crippen molar-refractivity contribution >= 4 is 34.7 Å². The molecule has 6 nitrogen and oxygen atoms in total. The first kappa shape index (κ1) is 21.2. The Balaban J connectivity index is 1.43. The number of phenolic OH excluding ortho intramolecular Hbond substituents is 1. The van der Waals surface area contributed by atoms with Gasteiger partial charge in [0.2, 0.25) is 0 Å². The zero-order valence-electron chi connectivity index (χ0n) is 16.4. The van der Waals surface area contributed by atoms with Gasteiger partial charge in [0.05, 0.1) is 3.57 Å². The number of carbonyl (C=O) groups excluding carboxylic acids is 1. The van der Waals surface area contributed by atoms with E-state index in [0.29, 0.717) is 9.13 Å². The molecule has 7 heteroatoms. The highest BCUT2D eigenvalue weighted by atomic mass is 127. The summed E-state index contributed by atoms with van der Waals surface area (Å²) in [5.41, 5.74) is 5.01. The molecule has 1 aliphatic carbocycles. The lowest BCUT2D eigenvalue weighted by Crippen LogP contribution is -2.42. The van der Waals surface area contributed by atoms with E-state index in [2.05, 4.69) is 5.32 Å². The predicted octanol–water partition coefficient (Wildman–Crippen LogP) is 4.53. The van der Waals surface area contributed by atoms with Crippen LogP contribution in [-0.4, -0.2) is 34.9 Å². The Morgan fingerprint density at radius 1 is 1.00 bits per heavy atom. The van der Waals surface area contributed by atoms with Crippen molar-refractivity contribution in [2.45, 2.75) is 18.4 Å². The maximum atomic E-state index is 12.4. The molecule has 158 valence electrons. The highest BCUT2D eigenvalue weighted by molar-refractivity contribution is 14.1. The fraction of sp³-hybridized carbons (Fsp3) is 0.167. The summed E-state index contributed by atoms with van der Waals surface area (Å²) in [4.78, 5) is 24.0. The van der Waals surface area contributed by atoms with Crippen molar-refractivity contribution in [2.75, 3.05) is 6.61 Å². The molecule has 1 atom stereocenters. The summed E-state index contributed by atoms with van der Waals surface area (Å²) in [7, 11) is 0. The van der Waals surface area contributed by atoms with Crippen LogP contribution in [0.4, 0.5) is 4.79 Å². The molecule has 3 aromatic rings. The van der Waals surface area contributed by atoms with Crippen molar-refractivity contribution in [3.63, 3.8) is 0 Å². The fourth-order valence-electron chi connectivity index (χ4n) is 3.90. The monoisotopic (exact) mass is 529 g/mol. The molecular weight excluding hydrogens is 509 g/mol. The van der Waals surface area contributed by atoms with Gasteiger partial charge in [-0.1, -0.05) is 54.6 Å². The van der Waals surface area contributed by atoms with Gasteiger partial charge in [-0.3, -0.25) is 0 Å². The molecule has 0 saturated heterocycles. The average molecular weight is 529 g/mol. The van der Waals surface area contributed by atoms with Crippen molar-refractivity contribution in [3.8, 4) is 16.9 Å². The fourth-order valence-corrected chi connectivity index (χ4v) is 4.24. The molecular formula is C24H20INO5. The minimum atomic E-state index is -1.17. The van der Waals surface area contributed by atoms with Gasteiger partial charge in [0, 0.05) is 12.3 Å². The van der Waals surface area contributed by atoms with Crippen LogP contribution in [0.15, 0.2) is 66.7 Å². The van der Waals surface area contributed by atoms with Gasteiger partial charge in [0.1, 0.15) is 18.4 Å². The zero-order valence-corrected chi connectivity index (χ0v) is 18.6. The van der Waals surface area contributed by atoms with Gasteiger partial charge in [0.15, 0.2) is 0 Å². The van der Waals surface area contributed by atoms with Crippen LogP contribution in [-0.2, 0) is 16.0 Å². The van der Waals surface area contributed by atoms with Crippen molar-refractivity contribution in [1.29, 1.82) is 0 Å². The summed E-state index contributed by atoms with van der Waals surface area (Å²) >= 11 is 1.98. The summed E-state index contributed by atoms with van der Waals surface area (Å²) in [6.07, 6.45) is -0.756. The van der Waals surface area contributed by atoms with E-state index in [-0.39, 0.29) is 24.7 Å². The summed E-state index contributed by atoms with van der Waals surface area (Å²) in [6, 6.07) is 19.7. The Labute approximate surface area is 193 Å². The summed E-state index contributed by atoms with van der Waals surface area (Å²) in [5.74, 6) is -1.20. The molecule has 0 aliphatic heterocycles. The first-order valence-corrected chi connectivity index (χ1v) is 10.8. The van der Waals surface area contributed by atoms with Gasteiger partial charge in [-0.05, 0) is 62.5 Å². The van der Waals surface area contributed by atoms with E-state index in [0.717, 1.165) is 22.3 Å². The molecule has 31 heavy (non-hydrogen) atoms. The van der Waals surface area contributed by atoms with Crippen LogP contribution < -0.4 is 5.32 Å². The zero-order chi connectivity index (χ0) is 22.0. The Hall–Kier alpha value is -3.07. The van der Waals surface area contributed by atoms with E-state index in [1.165, 1.54) is 6.07 Å². The quantitative estimate of drug-likeness (QED) is 0.408. The van der Waals surface area contributed by atoms with Crippen LogP contribution in [0.25, 0.3) is 11.1 Å². The summed E-state index contributed by atoms with van der Waals surface area (Å²) < 4.78 is 6.10. The predicted molar refractivity (Wildman–Crippen MR) is 124 cm³/mol. The number of aromatic hydroxyl groups is 1. The Kier molecular flexibility index (Phi) is 6.13. The van der Waals surface area contributed by atoms with Crippen LogP contribution in [0.5, 0.6) is 5.75 Å². The minimum Gasteiger partial charge on any atom is -0.507 e. The Bertz CT molecular complexity index is 1100. The minimum absolute atomic E-state index is 0.0318. The molecule has 3 aromatic carbocycles. The van der Waals surface area contributed by atoms with E-state index < -0.39 is 18.1 Å². The molecule has 0 bridgehead atoms. The number of hydrogen-bond acceptors (Lipinski definition) is 4. The number of hydrogen-bond donors (Lipinski definition) is 3. The van der Waals surface area contributed by atoms with Crippen molar-refractivity contribution < 1.29 is 24.5 Å². The highest BCUT2D eigenvalue weighted by Gasteiger charge is 2.29. The number of halogens is 1. The normalized spacial score (nSPS) is 13.2. The van der Waals surface area contributed by atoms with Gasteiger partial charge in [-0.2, -0.15) is 0 Å². The van der Waals surface area contributed by atoms with Crippen LogP contribution in [0.2, 0.25) is 0 Å². The smallest absolute Gasteiger partial charge is 0.407 e. The average Bonchev–Trinajstić information content (AvgIpc) is 3.08. The number of ether oxygens (including phenoxy) is 1. The lowest BCUT2D eigenvalue weighted by Gasteiger charge is -2.17. The van der Waals surface area contributed by atoms with Gasteiger partial charge >= 0.3 is 12.1 Å². The number of alkyl carbamates (subject to hydrolysis) is 1. The number of rotatable bonds is 6. The highest BCUT2D eigenvalue weighted by Crippen LogP contribution is 2.44. The molecule has 0 fully saturated rings. The Morgan fingerprint density at radius 3 is 2.19 bits per heavy atom. The van der Waals surface area contributed by atoms with E-state index >= 15 is 0 Å². The number of benzene rings is 3. The number of carboxylic acids is 1. The van der Waals surface area contributed by atoms with Gasteiger partial charge < -0.3 is 20.3 Å². The standard InChI is InChI=1S/C24H20INO5/c25-20-10-9-14(12-22(20)27)11-21(23(28)29)26-24(30)31-13-19-17-7-3-1-5-15(17)16-6-2-4-8-18(16)19/h1-10,12,19,21,27H,11,13H2,(H,26,30)(H,28,29). The first-order chi connectivity index (χ1) is 14.9. The van der Waals surface area contributed by atoms with Crippen LogP contribution in [0.3, 0.4) is 0 Å². The molecule has 0 saturated carbocycles. The third kappa shape index (κ3) is 4.51. The van der Waals surface area contributed by atoms with E-state index in [4.69, 9.17) is 4.74 Å². The van der Waals surface area contributed by atoms with Crippen LogP contribution >= 0.6 is 22.6 Å². The lowest BCUT2D eigenvalue weighted by atomic mass is 9.98. The molecule has 0 radical (unpaired) electrons. The number of nitrogens with one attached hydrogen (secondary N) is 1. The maximum Gasteiger partial charge on any atom is 0.407 e. The van der Waals surface area contributed by atoms with Crippen LogP contribution in [0.1, 0.15) is 22.6 Å². The van der Waals surface area contributed by atoms with E-state index in [1.54, 1.807) is 12.1 Å². The van der Waals surface area contributed by atoms with Gasteiger partial charge in [-0.25, -0.2) is 9.59 Å². The topological polar surface area (TPSA) is 95.9 Å². The molecule has 3 N–H and O–H groups in total.